The molecule has 150 valence electrons. The number of fused-ring (bicyclic) bond motifs is 1. The molecular formula is C22H23N2O5+. The SMILES string of the molecule is [NH3+][C@@H](Cc1cccc2ccccc12)C(=O)N[C@@H](Cc1ccc(O)c(O)c1)C(=O)O. The van der Waals surface area contributed by atoms with E-state index in [9.17, 15) is 24.9 Å². The van der Waals surface area contributed by atoms with Crippen molar-refractivity contribution in [3.05, 3.63) is 71.8 Å². The number of phenols is 2. The van der Waals surface area contributed by atoms with Crippen molar-refractivity contribution in [2.24, 2.45) is 0 Å². The van der Waals surface area contributed by atoms with E-state index in [1.807, 2.05) is 42.5 Å². The number of rotatable bonds is 7. The van der Waals surface area contributed by atoms with Crippen LogP contribution >= 0.6 is 0 Å². The molecule has 3 aromatic carbocycles. The van der Waals surface area contributed by atoms with Crippen molar-refractivity contribution in [2.75, 3.05) is 0 Å². The van der Waals surface area contributed by atoms with Crippen molar-refractivity contribution in [1.29, 1.82) is 0 Å². The van der Waals surface area contributed by atoms with Crippen LogP contribution in [0.15, 0.2) is 60.7 Å². The first-order valence-corrected chi connectivity index (χ1v) is 9.19. The summed E-state index contributed by atoms with van der Waals surface area (Å²) in [7, 11) is 0. The van der Waals surface area contributed by atoms with Crippen molar-refractivity contribution in [1.82, 2.24) is 5.32 Å². The van der Waals surface area contributed by atoms with Gasteiger partial charge >= 0.3 is 5.97 Å². The van der Waals surface area contributed by atoms with E-state index in [2.05, 4.69) is 11.1 Å². The third kappa shape index (κ3) is 4.83. The van der Waals surface area contributed by atoms with Crippen LogP contribution in [0.5, 0.6) is 11.5 Å². The molecule has 0 aliphatic rings. The number of nitrogens with one attached hydrogen (secondary N) is 1. The van der Waals surface area contributed by atoms with Gasteiger partial charge in [0.05, 0.1) is 0 Å². The predicted octanol–water partition coefficient (Wildman–Crippen LogP) is 1.22. The lowest BCUT2D eigenvalue weighted by molar-refractivity contribution is -0.403. The van der Waals surface area contributed by atoms with E-state index >= 15 is 0 Å². The second-order valence-corrected chi connectivity index (χ2v) is 6.97. The Balaban J connectivity index is 1.70. The Hall–Kier alpha value is -3.58. The lowest BCUT2D eigenvalue weighted by Crippen LogP contribution is -2.69. The minimum absolute atomic E-state index is 0.0318. The van der Waals surface area contributed by atoms with E-state index in [0.29, 0.717) is 12.0 Å². The Bertz CT molecular complexity index is 1050. The van der Waals surface area contributed by atoms with E-state index in [0.717, 1.165) is 16.3 Å². The molecule has 7 N–H and O–H groups in total. The Kier molecular flexibility index (Phi) is 5.99. The van der Waals surface area contributed by atoms with Gasteiger partial charge < -0.3 is 26.4 Å². The highest BCUT2D eigenvalue weighted by atomic mass is 16.4. The van der Waals surface area contributed by atoms with Gasteiger partial charge in [0.25, 0.3) is 5.91 Å². The maximum absolute atomic E-state index is 12.6. The number of phenolic OH excluding ortho intramolecular Hbond substituents is 2. The van der Waals surface area contributed by atoms with Crippen molar-refractivity contribution in [3.63, 3.8) is 0 Å². The average Bonchev–Trinajstić information content (AvgIpc) is 2.70. The molecule has 0 bridgehead atoms. The number of hydrogen-bond acceptors (Lipinski definition) is 4. The zero-order chi connectivity index (χ0) is 21.0. The molecule has 0 heterocycles. The van der Waals surface area contributed by atoms with Gasteiger partial charge in [-0.05, 0) is 34.0 Å². The van der Waals surface area contributed by atoms with Crippen LogP contribution in [0.3, 0.4) is 0 Å². The fourth-order valence-electron chi connectivity index (χ4n) is 3.25. The van der Waals surface area contributed by atoms with Gasteiger partial charge in [-0.1, -0.05) is 48.5 Å². The quantitative estimate of drug-likeness (QED) is 0.383. The summed E-state index contributed by atoms with van der Waals surface area (Å²) in [5.41, 5.74) is 5.35. The van der Waals surface area contributed by atoms with Crippen LogP contribution in [0.1, 0.15) is 11.1 Å². The summed E-state index contributed by atoms with van der Waals surface area (Å²) in [6.07, 6.45) is 0.343. The highest BCUT2D eigenvalue weighted by Crippen LogP contribution is 2.25. The normalized spacial score (nSPS) is 13.0. The first-order valence-electron chi connectivity index (χ1n) is 9.19. The monoisotopic (exact) mass is 395 g/mol. The summed E-state index contributed by atoms with van der Waals surface area (Å²) < 4.78 is 0. The summed E-state index contributed by atoms with van der Waals surface area (Å²) in [5.74, 6) is -2.29. The molecule has 0 aromatic heterocycles. The zero-order valence-corrected chi connectivity index (χ0v) is 15.7. The number of carbonyl (C=O) groups is 2. The second kappa shape index (κ2) is 8.62. The average molecular weight is 395 g/mol. The standard InChI is InChI=1S/C22H22N2O5/c23-17(12-15-6-3-5-14-4-1-2-7-16(14)15)21(27)24-18(22(28)29)10-13-8-9-19(25)20(26)11-13/h1-9,11,17-18,25-26H,10,12,23H2,(H,24,27)(H,28,29)/p+1/t17-,18-/m0/s1. The second-order valence-electron chi connectivity index (χ2n) is 6.97. The van der Waals surface area contributed by atoms with Crippen LogP contribution in [-0.4, -0.2) is 39.3 Å². The van der Waals surface area contributed by atoms with E-state index in [1.165, 1.54) is 18.2 Å². The van der Waals surface area contributed by atoms with Crippen molar-refractivity contribution in [3.8, 4) is 11.5 Å². The van der Waals surface area contributed by atoms with Gasteiger partial charge in [0.1, 0.15) is 6.04 Å². The first kappa shape index (κ1) is 20.2. The fraction of sp³-hybridized carbons (Fsp3) is 0.182. The summed E-state index contributed by atoms with van der Waals surface area (Å²) >= 11 is 0. The van der Waals surface area contributed by atoms with Gasteiger partial charge in [0, 0.05) is 12.8 Å². The topological polar surface area (TPSA) is 134 Å². The van der Waals surface area contributed by atoms with Gasteiger partial charge in [-0.2, -0.15) is 0 Å². The molecule has 3 rings (SSSR count). The lowest BCUT2D eigenvalue weighted by atomic mass is 9.98. The molecule has 0 aliphatic heterocycles. The van der Waals surface area contributed by atoms with E-state index < -0.39 is 24.0 Å². The van der Waals surface area contributed by atoms with Crippen LogP contribution in [0, 0.1) is 0 Å². The van der Waals surface area contributed by atoms with Crippen LogP contribution < -0.4 is 11.1 Å². The van der Waals surface area contributed by atoms with Crippen LogP contribution in [-0.2, 0) is 22.4 Å². The molecule has 0 saturated carbocycles. The highest BCUT2D eigenvalue weighted by molar-refractivity contribution is 5.88. The number of benzene rings is 3. The molecule has 2 atom stereocenters. The number of amides is 1. The number of carboxylic acids is 1. The Morgan fingerprint density at radius 2 is 1.66 bits per heavy atom. The summed E-state index contributed by atoms with van der Waals surface area (Å²) in [6, 6.07) is 15.9. The minimum atomic E-state index is -1.19. The Labute approximate surface area is 167 Å². The Morgan fingerprint density at radius 3 is 2.38 bits per heavy atom. The summed E-state index contributed by atoms with van der Waals surface area (Å²) in [4.78, 5) is 24.2. The summed E-state index contributed by atoms with van der Waals surface area (Å²) in [5, 5.41) is 33.0. The number of quaternary nitrogens is 1. The molecule has 0 fully saturated rings. The van der Waals surface area contributed by atoms with E-state index in [4.69, 9.17) is 0 Å². The van der Waals surface area contributed by atoms with Crippen LogP contribution in [0.2, 0.25) is 0 Å². The molecule has 0 aliphatic carbocycles. The molecule has 7 nitrogen and oxygen atoms in total. The first-order chi connectivity index (χ1) is 13.8. The largest absolute Gasteiger partial charge is 0.504 e. The lowest BCUT2D eigenvalue weighted by Gasteiger charge is -2.17. The van der Waals surface area contributed by atoms with Gasteiger partial charge in [-0.3, -0.25) is 4.79 Å². The molecule has 1 amide bonds. The number of carboxylic acid groups (broad SMARTS) is 1. The summed E-state index contributed by atoms with van der Waals surface area (Å²) in [6.45, 7) is 0. The number of carbonyl (C=O) groups excluding carboxylic acids is 1. The molecule has 0 unspecified atom stereocenters. The van der Waals surface area contributed by atoms with Gasteiger partial charge in [0.2, 0.25) is 0 Å². The van der Waals surface area contributed by atoms with Crippen LogP contribution in [0.25, 0.3) is 10.8 Å². The maximum atomic E-state index is 12.6. The Morgan fingerprint density at radius 1 is 0.931 bits per heavy atom. The highest BCUT2D eigenvalue weighted by Gasteiger charge is 2.26. The predicted molar refractivity (Wildman–Crippen MR) is 107 cm³/mol. The van der Waals surface area contributed by atoms with Gasteiger partial charge in [0.15, 0.2) is 17.5 Å². The maximum Gasteiger partial charge on any atom is 0.326 e. The molecule has 3 aromatic rings. The zero-order valence-electron chi connectivity index (χ0n) is 15.7. The third-order valence-corrected chi connectivity index (χ3v) is 4.81. The molecular weight excluding hydrogens is 372 g/mol. The fourth-order valence-corrected chi connectivity index (χ4v) is 3.25. The number of aliphatic carboxylic acids is 1. The number of hydrogen-bond donors (Lipinski definition) is 5. The minimum Gasteiger partial charge on any atom is -0.504 e. The van der Waals surface area contributed by atoms with E-state index in [1.54, 1.807) is 0 Å². The third-order valence-electron chi connectivity index (χ3n) is 4.81. The smallest absolute Gasteiger partial charge is 0.326 e. The van der Waals surface area contributed by atoms with Crippen molar-refractivity contribution < 1.29 is 30.6 Å². The molecule has 29 heavy (non-hydrogen) atoms. The number of aromatic hydroxyl groups is 2. The van der Waals surface area contributed by atoms with Crippen molar-refractivity contribution >= 4 is 22.6 Å². The molecule has 0 radical (unpaired) electrons. The molecule has 0 saturated heterocycles. The van der Waals surface area contributed by atoms with Gasteiger partial charge in [-0.15, -0.1) is 0 Å². The van der Waals surface area contributed by atoms with Gasteiger partial charge in [-0.25, -0.2) is 4.79 Å². The molecule has 0 spiro atoms. The van der Waals surface area contributed by atoms with Crippen molar-refractivity contribution in [2.45, 2.75) is 24.9 Å². The van der Waals surface area contributed by atoms with E-state index in [-0.39, 0.29) is 17.9 Å². The molecule has 7 heteroatoms. The van der Waals surface area contributed by atoms with Crippen LogP contribution in [0.4, 0.5) is 0 Å².